The van der Waals surface area contributed by atoms with E-state index < -0.39 is 73.9 Å². The Hall–Kier alpha value is -0.440. The van der Waals surface area contributed by atoms with Crippen LogP contribution in [0.1, 0.15) is 0 Å². The standard InChI is InChI=1S/C12H22O11/c13-1-2-3(14)4(15)10(21)12(22-2)23-11-8(19)6(17)5(16)7(18)9(11)20/h2-21H,1H2/t2-,3+,4+,5?,6-,7+,8+,9+,10-,11?,12+/m1/s1. The average molecular weight is 342 g/mol. The van der Waals surface area contributed by atoms with Crippen LogP contribution in [0.5, 0.6) is 0 Å². The van der Waals surface area contributed by atoms with Crippen molar-refractivity contribution in [2.45, 2.75) is 67.3 Å². The molecule has 11 nitrogen and oxygen atoms in total. The van der Waals surface area contributed by atoms with Gasteiger partial charge in [0.1, 0.15) is 61.0 Å². The lowest BCUT2D eigenvalue weighted by molar-refractivity contribution is -0.339. The molecule has 1 aliphatic carbocycles. The van der Waals surface area contributed by atoms with Crippen LogP contribution < -0.4 is 0 Å². The SMILES string of the molecule is OC[C@H]1O[C@@H](OC2[C@@H](O)[C@H](O)C(O)[C@H](O)[C@@H]2O)[C@H](O)[C@@H](O)[C@H]1O. The molecule has 11 heteroatoms. The molecule has 2 fully saturated rings. The largest absolute Gasteiger partial charge is 0.394 e. The number of ether oxygens (including phenoxy) is 2. The summed E-state index contributed by atoms with van der Waals surface area (Å²) < 4.78 is 10.2. The third kappa shape index (κ3) is 3.36. The molecular formula is C12H22O11. The van der Waals surface area contributed by atoms with E-state index in [1.54, 1.807) is 0 Å². The summed E-state index contributed by atoms with van der Waals surface area (Å²) >= 11 is 0. The molecule has 1 saturated carbocycles. The van der Waals surface area contributed by atoms with Crippen molar-refractivity contribution in [3.05, 3.63) is 0 Å². The molecule has 11 atom stereocenters. The van der Waals surface area contributed by atoms with E-state index in [0.717, 1.165) is 0 Å². The monoisotopic (exact) mass is 342 g/mol. The summed E-state index contributed by atoms with van der Waals surface area (Å²) in [5, 5.41) is 86.6. The first-order chi connectivity index (χ1) is 10.7. The third-order valence-corrected chi connectivity index (χ3v) is 4.21. The fraction of sp³-hybridized carbons (Fsp3) is 1.00. The van der Waals surface area contributed by atoms with E-state index in [4.69, 9.17) is 14.6 Å². The van der Waals surface area contributed by atoms with Gasteiger partial charge < -0.3 is 55.4 Å². The van der Waals surface area contributed by atoms with Gasteiger partial charge in [0, 0.05) is 0 Å². The number of aliphatic hydroxyl groups is 9. The lowest BCUT2D eigenvalue weighted by atomic mass is 9.84. The van der Waals surface area contributed by atoms with Gasteiger partial charge in [-0.15, -0.1) is 0 Å². The van der Waals surface area contributed by atoms with E-state index in [0.29, 0.717) is 0 Å². The lowest BCUT2D eigenvalue weighted by Gasteiger charge is -2.45. The normalized spacial score (nSPS) is 54.9. The summed E-state index contributed by atoms with van der Waals surface area (Å²) in [5.74, 6) is 0. The van der Waals surface area contributed by atoms with Gasteiger partial charge in [-0.1, -0.05) is 0 Å². The maximum absolute atomic E-state index is 9.85. The van der Waals surface area contributed by atoms with Gasteiger partial charge in [0.2, 0.25) is 0 Å². The first-order valence-corrected chi connectivity index (χ1v) is 7.07. The van der Waals surface area contributed by atoms with Gasteiger partial charge >= 0.3 is 0 Å². The Morgan fingerprint density at radius 1 is 0.609 bits per heavy atom. The lowest BCUT2D eigenvalue weighted by Crippen LogP contribution is -2.67. The van der Waals surface area contributed by atoms with Crippen molar-refractivity contribution in [3.8, 4) is 0 Å². The summed E-state index contributed by atoms with van der Waals surface area (Å²) in [5.41, 5.74) is 0. The smallest absolute Gasteiger partial charge is 0.187 e. The fourth-order valence-corrected chi connectivity index (χ4v) is 2.69. The molecule has 2 aliphatic rings. The van der Waals surface area contributed by atoms with Gasteiger partial charge in [0.05, 0.1) is 6.61 Å². The zero-order valence-corrected chi connectivity index (χ0v) is 11.9. The Morgan fingerprint density at radius 2 is 1.04 bits per heavy atom. The molecule has 2 rings (SSSR count). The van der Waals surface area contributed by atoms with Crippen LogP contribution in [-0.4, -0.2) is 120 Å². The molecule has 136 valence electrons. The Balaban J connectivity index is 2.13. The second-order valence-corrected chi connectivity index (χ2v) is 5.75. The molecular weight excluding hydrogens is 320 g/mol. The zero-order chi connectivity index (χ0) is 17.5. The predicted molar refractivity (Wildman–Crippen MR) is 68.7 cm³/mol. The third-order valence-electron chi connectivity index (χ3n) is 4.21. The van der Waals surface area contributed by atoms with Gasteiger partial charge in [-0.25, -0.2) is 0 Å². The van der Waals surface area contributed by atoms with Crippen LogP contribution in [0.3, 0.4) is 0 Å². The highest BCUT2D eigenvalue weighted by molar-refractivity contribution is 5.00. The summed E-state index contributed by atoms with van der Waals surface area (Å²) in [7, 11) is 0. The van der Waals surface area contributed by atoms with Gasteiger partial charge in [-0.2, -0.15) is 0 Å². The molecule has 1 saturated heterocycles. The van der Waals surface area contributed by atoms with E-state index in [-0.39, 0.29) is 0 Å². The minimum atomic E-state index is -1.83. The topological polar surface area (TPSA) is 201 Å². The summed E-state index contributed by atoms with van der Waals surface area (Å²) in [6.07, 6.45) is -18.9. The summed E-state index contributed by atoms with van der Waals surface area (Å²) in [4.78, 5) is 0. The molecule has 2 unspecified atom stereocenters. The van der Waals surface area contributed by atoms with E-state index >= 15 is 0 Å². The molecule has 1 aliphatic heterocycles. The van der Waals surface area contributed by atoms with Crippen LogP contribution in [0.25, 0.3) is 0 Å². The Bertz CT molecular complexity index is 377. The van der Waals surface area contributed by atoms with Crippen LogP contribution in [0.2, 0.25) is 0 Å². The van der Waals surface area contributed by atoms with Crippen molar-refractivity contribution in [2.75, 3.05) is 6.61 Å². The van der Waals surface area contributed by atoms with E-state index in [1.165, 1.54) is 0 Å². The molecule has 0 amide bonds. The van der Waals surface area contributed by atoms with E-state index in [1.807, 2.05) is 0 Å². The average Bonchev–Trinajstić information content (AvgIpc) is 2.54. The Labute approximate surface area is 130 Å². The molecule has 0 aromatic rings. The molecule has 0 bridgehead atoms. The molecule has 0 radical (unpaired) electrons. The first-order valence-electron chi connectivity index (χ1n) is 7.07. The van der Waals surface area contributed by atoms with Crippen molar-refractivity contribution in [3.63, 3.8) is 0 Å². The quantitative estimate of drug-likeness (QED) is 0.236. The van der Waals surface area contributed by atoms with Crippen molar-refractivity contribution in [2.24, 2.45) is 0 Å². The van der Waals surface area contributed by atoms with Gasteiger partial charge in [0.25, 0.3) is 0 Å². The number of hydrogen-bond donors (Lipinski definition) is 9. The van der Waals surface area contributed by atoms with Crippen molar-refractivity contribution >= 4 is 0 Å². The van der Waals surface area contributed by atoms with Crippen molar-refractivity contribution < 1.29 is 55.4 Å². The van der Waals surface area contributed by atoms with Gasteiger partial charge in [0.15, 0.2) is 6.29 Å². The van der Waals surface area contributed by atoms with Gasteiger partial charge in [-0.05, 0) is 0 Å². The minimum absolute atomic E-state index is 0.704. The van der Waals surface area contributed by atoms with Crippen LogP contribution in [0.15, 0.2) is 0 Å². The Morgan fingerprint density at radius 3 is 1.52 bits per heavy atom. The second kappa shape index (κ2) is 7.21. The fourth-order valence-electron chi connectivity index (χ4n) is 2.69. The van der Waals surface area contributed by atoms with Gasteiger partial charge in [-0.3, -0.25) is 0 Å². The van der Waals surface area contributed by atoms with Crippen LogP contribution in [0, 0.1) is 0 Å². The van der Waals surface area contributed by atoms with Crippen LogP contribution >= 0.6 is 0 Å². The first kappa shape index (κ1) is 18.9. The molecule has 1 heterocycles. The Kier molecular flexibility index (Phi) is 5.92. The minimum Gasteiger partial charge on any atom is -0.394 e. The van der Waals surface area contributed by atoms with Crippen LogP contribution in [-0.2, 0) is 9.47 Å². The molecule has 0 aromatic heterocycles. The van der Waals surface area contributed by atoms with Crippen molar-refractivity contribution in [1.82, 2.24) is 0 Å². The maximum Gasteiger partial charge on any atom is 0.187 e. The number of rotatable bonds is 3. The molecule has 0 aromatic carbocycles. The highest BCUT2D eigenvalue weighted by Crippen LogP contribution is 2.29. The molecule has 23 heavy (non-hydrogen) atoms. The summed E-state index contributed by atoms with van der Waals surface area (Å²) in [6, 6.07) is 0. The highest BCUT2D eigenvalue weighted by atomic mass is 16.7. The second-order valence-electron chi connectivity index (χ2n) is 5.75. The van der Waals surface area contributed by atoms with E-state index in [2.05, 4.69) is 0 Å². The zero-order valence-electron chi connectivity index (χ0n) is 11.9. The van der Waals surface area contributed by atoms with E-state index in [9.17, 15) is 40.9 Å². The molecule has 0 spiro atoms. The maximum atomic E-state index is 9.85. The summed E-state index contributed by atoms with van der Waals surface area (Å²) in [6.45, 7) is -0.704. The highest BCUT2D eigenvalue weighted by Gasteiger charge is 2.52. The number of aliphatic hydroxyl groups excluding tert-OH is 9. The number of hydrogen-bond acceptors (Lipinski definition) is 11. The van der Waals surface area contributed by atoms with Crippen molar-refractivity contribution in [1.29, 1.82) is 0 Å². The van der Waals surface area contributed by atoms with Crippen LogP contribution in [0.4, 0.5) is 0 Å². The predicted octanol–water partition coefficient (Wildman–Crippen LogP) is -6.01. The molecule has 9 N–H and O–H groups in total.